The van der Waals surface area contributed by atoms with Gasteiger partial charge in [-0.3, -0.25) is 4.79 Å². The van der Waals surface area contributed by atoms with E-state index in [-0.39, 0.29) is 12.5 Å². The Hall–Kier alpha value is -2.04. The molecule has 0 saturated carbocycles. The highest BCUT2D eigenvalue weighted by atomic mass is 16.6. The second kappa shape index (κ2) is 5.99. The van der Waals surface area contributed by atoms with Crippen LogP contribution in [0.2, 0.25) is 0 Å². The maximum absolute atomic E-state index is 12.2. The SMILES string of the molecule is CC(C)(C)OC(=O)N1CC[C@](CC(=O)O)(c2ccccc2)C1. The van der Waals surface area contributed by atoms with Gasteiger partial charge >= 0.3 is 12.1 Å². The molecule has 5 heteroatoms. The van der Waals surface area contributed by atoms with Gasteiger partial charge in [-0.1, -0.05) is 30.3 Å². The molecule has 2 rings (SSSR count). The summed E-state index contributed by atoms with van der Waals surface area (Å²) in [6.07, 6.45) is 0.259. The van der Waals surface area contributed by atoms with Crippen LogP contribution in [0.3, 0.4) is 0 Å². The Kier molecular flexibility index (Phi) is 4.44. The first-order valence-corrected chi connectivity index (χ1v) is 7.47. The van der Waals surface area contributed by atoms with Crippen LogP contribution >= 0.6 is 0 Å². The van der Waals surface area contributed by atoms with Gasteiger partial charge in [0.15, 0.2) is 0 Å². The van der Waals surface area contributed by atoms with Crippen LogP contribution in [0.25, 0.3) is 0 Å². The summed E-state index contributed by atoms with van der Waals surface area (Å²) in [5.74, 6) is -0.852. The van der Waals surface area contributed by atoms with E-state index in [0.29, 0.717) is 19.5 Å². The minimum absolute atomic E-state index is 0.0102. The van der Waals surface area contributed by atoms with Crippen molar-refractivity contribution in [3.8, 4) is 0 Å². The lowest BCUT2D eigenvalue weighted by Gasteiger charge is -2.29. The van der Waals surface area contributed by atoms with Crippen LogP contribution in [0, 0.1) is 0 Å². The third kappa shape index (κ3) is 3.78. The van der Waals surface area contributed by atoms with Crippen LogP contribution in [0.1, 0.15) is 39.2 Å². The molecule has 1 atom stereocenters. The van der Waals surface area contributed by atoms with Crippen molar-refractivity contribution in [2.45, 2.75) is 44.6 Å². The molecule has 1 aromatic rings. The summed E-state index contributed by atoms with van der Waals surface area (Å²) in [5.41, 5.74) is -0.130. The molecule has 1 aliphatic rings. The lowest BCUT2D eigenvalue weighted by molar-refractivity contribution is -0.138. The third-order valence-corrected chi connectivity index (χ3v) is 3.88. The zero-order valence-electron chi connectivity index (χ0n) is 13.3. The number of carboxylic acid groups (broad SMARTS) is 1. The summed E-state index contributed by atoms with van der Waals surface area (Å²) in [6.45, 7) is 6.35. The molecular formula is C17H23NO4. The fourth-order valence-corrected chi connectivity index (χ4v) is 2.92. The zero-order valence-corrected chi connectivity index (χ0v) is 13.3. The first-order chi connectivity index (χ1) is 10.2. The normalized spacial score (nSPS) is 21.7. The lowest BCUT2D eigenvalue weighted by Crippen LogP contribution is -2.39. The number of ether oxygens (including phenoxy) is 1. The van der Waals surface area contributed by atoms with Crippen molar-refractivity contribution in [1.29, 1.82) is 0 Å². The lowest BCUT2D eigenvalue weighted by atomic mass is 9.77. The number of aliphatic carboxylic acids is 1. The van der Waals surface area contributed by atoms with E-state index in [1.165, 1.54) is 0 Å². The average Bonchev–Trinajstić information content (AvgIpc) is 2.82. The summed E-state index contributed by atoms with van der Waals surface area (Å²) in [5, 5.41) is 9.28. The quantitative estimate of drug-likeness (QED) is 0.932. The number of carboxylic acids is 1. The Balaban J connectivity index is 2.20. The molecule has 1 fully saturated rings. The number of carbonyl (C=O) groups is 2. The van der Waals surface area contributed by atoms with E-state index in [1.54, 1.807) is 4.90 Å². The summed E-state index contributed by atoms with van der Waals surface area (Å²) >= 11 is 0. The van der Waals surface area contributed by atoms with Gasteiger partial charge in [-0.05, 0) is 32.8 Å². The number of rotatable bonds is 3. The highest BCUT2D eigenvalue weighted by Crippen LogP contribution is 2.38. The van der Waals surface area contributed by atoms with Gasteiger partial charge in [0.05, 0.1) is 6.42 Å². The number of benzene rings is 1. The van der Waals surface area contributed by atoms with Crippen molar-refractivity contribution in [2.24, 2.45) is 0 Å². The van der Waals surface area contributed by atoms with Crippen molar-refractivity contribution in [3.63, 3.8) is 0 Å². The molecule has 5 nitrogen and oxygen atoms in total. The van der Waals surface area contributed by atoms with Crippen molar-refractivity contribution in [2.75, 3.05) is 13.1 Å². The minimum atomic E-state index is -0.852. The van der Waals surface area contributed by atoms with E-state index in [1.807, 2.05) is 51.1 Å². The zero-order chi connectivity index (χ0) is 16.4. The summed E-state index contributed by atoms with van der Waals surface area (Å²) in [7, 11) is 0. The Morgan fingerprint density at radius 1 is 1.27 bits per heavy atom. The minimum Gasteiger partial charge on any atom is -0.481 e. The molecule has 1 aliphatic heterocycles. The number of nitrogens with zero attached hydrogens (tertiary/aromatic N) is 1. The third-order valence-electron chi connectivity index (χ3n) is 3.88. The smallest absolute Gasteiger partial charge is 0.410 e. The predicted octanol–water partition coefficient (Wildman–Crippen LogP) is 3.04. The Morgan fingerprint density at radius 3 is 2.45 bits per heavy atom. The van der Waals surface area contributed by atoms with Crippen LogP contribution in [0.4, 0.5) is 4.79 Å². The molecule has 120 valence electrons. The summed E-state index contributed by atoms with van der Waals surface area (Å²) in [4.78, 5) is 25.1. The fraction of sp³-hybridized carbons (Fsp3) is 0.529. The van der Waals surface area contributed by atoms with E-state index in [2.05, 4.69) is 0 Å². The molecule has 0 radical (unpaired) electrons. The first-order valence-electron chi connectivity index (χ1n) is 7.47. The van der Waals surface area contributed by atoms with Crippen LogP contribution in [-0.2, 0) is 14.9 Å². The number of carbonyl (C=O) groups excluding carboxylic acids is 1. The number of likely N-dealkylation sites (tertiary alicyclic amines) is 1. The van der Waals surface area contributed by atoms with Crippen LogP contribution in [-0.4, -0.2) is 40.8 Å². The number of hydrogen-bond donors (Lipinski definition) is 1. The topological polar surface area (TPSA) is 66.8 Å². The fourth-order valence-electron chi connectivity index (χ4n) is 2.92. The molecule has 0 bridgehead atoms. The van der Waals surface area contributed by atoms with E-state index in [4.69, 9.17) is 4.74 Å². The van der Waals surface area contributed by atoms with E-state index < -0.39 is 17.0 Å². The van der Waals surface area contributed by atoms with Gasteiger partial charge in [-0.25, -0.2) is 4.79 Å². The van der Waals surface area contributed by atoms with Gasteiger partial charge in [0.2, 0.25) is 0 Å². The van der Waals surface area contributed by atoms with Gasteiger partial charge in [0, 0.05) is 18.5 Å². The number of hydrogen-bond acceptors (Lipinski definition) is 3. The molecule has 22 heavy (non-hydrogen) atoms. The average molecular weight is 305 g/mol. The molecule has 1 heterocycles. The molecule has 0 aromatic heterocycles. The van der Waals surface area contributed by atoms with Gasteiger partial charge in [-0.2, -0.15) is 0 Å². The van der Waals surface area contributed by atoms with Crippen LogP contribution in [0.15, 0.2) is 30.3 Å². The molecule has 0 spiro atoms. The van der Waals surface area contributed by atoms with Crippen molar-refractivity contribution in [1.82, 2.24) is 4.90 Å². The Bertz CT molecular complexity index is 550. The molecule has 1 amide bonds. The van der Waals surface area contributed by atoms with E-state index in [0.717, 1.165) is 5.56 Å². The highest BCUT2D eigenvalue weighted by Gasteiger charge is 2.43. The molecule has 1 aromatic carbocycles. The van der Waals surface area contributed by atoms with Gasteiger partial charge < -0.3 is 14.7 Å². The summed E-state index contributed by atoms with van der Waals surface area (Å²) < 4.78 is 5.40. The highest BCUT2D eigenvalue weighted by molar-refractivity contribution is 5.72. The summed E-state index contributed by atoms with van der Waals surface area (Å²) in [6, 6.07) is 9.56. The maximum atomic E-state index is 12.2. The van der Waals surface area contributed by atoms with Crippen molar-refractivity contribution >= 4 is 12.1 Å². The maximum Gasteiger partial charge on any atom is 0.410 e. The largest absolute Gasteiger partial charge is 0.481 e. The molecule has 1 saturated heterocycles. The second-order valence-corrected chi connectivity index (χ2v) is 6.87. The number of amides is 1. The molecular weight excluding hydrogens is 282 g/mol. The van der Waals surface area contributed by atoms with Gasteiger partial charge in [-0.15, -0.1) is 0 Å². The van der Waals surface area contributed by atoms with E-state index >= 15 is 0 Å². The van der Waals surface area contributed by atoms with Crippen molar-refractivity contribution in [3.05, 3.63) is 35.9 Å². The molecule has 1 N–H and O–H groups in total. The van der Waals surface area contributed by atoms with E-state index in [9.17, 15) is 14.7 Å². The van der Waals surface area contributed by atoms with Gasteiger partial charge in [0.1, 0.15) is 5.60 Å². The predicted molar refractivity (Wildman–Crippen MR) is 82.8 cm³/mol. The Labute approximate surface area is 130 Å². The monoisotopic (exact) mass is 305 g/mol. The first kappa shape index (κ1) is 16.3. The van der Waals surface area contributed by atoms with Crippen molar-refractivity contribution < 1.29 is 19.4 Å². The Morgan fingerprint density at radius 2 is 1.91 bits per heavy atom. The molecule has 0 aliphatic carbocycles. The van der Waals surface area contributed by atoms with Gasteiger partial charge in [0.25, 0.3) is 0 Å². The van der Waals surface area contributed by atoms with Crippen LogP contribution in [0.5, 0.6) is 0 Å². The second-order valence-electron chi connectivity index (χ2n) is 6.87. The molecule has 0 unspecified atom stereocenters. The standard InChI is InChI=1S/C17H23NO4/c1-16(2,3)22-15(21)18-10-9-17(12-18,11-14(19)20)13-7-5-4-6-8-13/h4-8H,9-12H2,1-3H3,(H,19,20)/t17-/m1/s1. The van der Waals surface area contributed by atoms with Crippen LogP contribution < -0.4 is 0 Å².